The summed E-state index contributed by atoms with van der Waals surface area (Å²) in [5.41, 5.74) is 7.85. The van der Waals surface area contributed by atoms with Crippen LogP contribution in [0.1, 0.15) is 28.3 Å². The van der Waals surface area contributed by atoms with Crippen LogP contribution in [0.4, 0.5) is 5.69 Å². The number of nitrogens with two attached hydrogens (primary N) is 1. The van der Waals surface area contributed by atoms with E-state index in [1.165, 1.54) is 11.8 Å². The predicted octanol–water partition coefficient (Wildman–Crippen LogP) is 2.91. The third kappa shape index (κ3) is 2.67. The summed E-state index contributed by atoms with van der Waals surface area (Å²) >= 11 is 3.44. The van der Waals surface area contributed by atoms with Crippen LogP contribution in [0.3, 0.4) is 0 Å². The zero-order chi connectivity index (χ0) is 14.1. The molecule has 0 radical (unpaired) electrons. The fraction of sp³-hybridized carbons (Fsp3) is 0.200. The first-order valence-electron chi connectivity index (χ1n) is 6.41. The second-order valence-corrected chi connectivity index (χ2v) is 5.85. The smallest absolute Gasteiger partial charge is 0.252 e. The molecule has 0 saturated heterocycles. The summed E-state index contributed by atoms with van der Waals surface area (Å²) in [5.74, 6) is 0.0263. The summed E-state index contributed by atoms with van der Waals surface area (Å²) in [7, 11) is 0. The Kier molecular flexibility index (Phi) is 3.44. The van der Waals surface area contributed by atoms with Gasteiger partial charge < -0.3 is 11.1 Å². The van der Waals surface area contributed by atoms with Gasteiger partial charge in [0.05, 0.1) is 11.3 Å². The number of primary amides is 1. The minimum absolute atomic E-state index is 0.344. The Bertz CT molecular complexity index is 642. The van der Waals surface area contributed by atoms with Gasteiger partial charge in [0.15, 0.2) is 0 Å². The van der Waals surface area contributed by atoms with Crippen LogP contribution in [0, 0.1) is 0 Å². The molecule has 1 aromatic heterocycles. The standard InChI is InChI=1S/C15H14BrN3O/c16-10-3-1-9(2-4-10)11-7-14(11)19-13-5-6-18-8-12(13)15(17)20/h1-6,8,11,14H,7H2,(H2,17,20)(H,18,19). The largest absolute Gasteiger partial charge is 0.381 e. The second kappa shape index (κ2) is 5.25. The number of amides is 1. The number of nitrogens with zero attached hydrogens (tertiary/aromatic N) is 1. The molecule has 3 N–H and O–H groups in total. The fourth-order valence-corrected chi connectivity index (χ4v) is 2.61. The van der Waals surface area contributed by atoms with Gasteiger partial charge in [-0.15, -0.1) is 0 Å². The third-order valence-electron chi connectivity index (χ3n) is 3.52. The van der Waals surface area contributed by atoms with Crippen molar-refractivity contribution in [3.8, 4) is 0 Å². The molecule has 1 aromatic carbocycles. The molecule has 5 heteroatoms. The Balaban J connectivity index is 1.72. The van der Waals surface area contributed by atoms with Gasteiger partial charge in [-0.1, -0.05) is 28.1 Å². The summed E-state index contributed by atoms with van der Waals surface area (Å²) in [6.07, 6.45) is 4.22. The van der Waals surface area contributed by atoms with Gasteiger partial charge in [0.25, 0.3) is 5.91 Å². The van der Waals surface area contributed by atoms with E-state index in [0.29, 0.717) is 17.5 Å². The molecule has 1 aliphatic rings. The Morgan fingerprint density at radius 2 is 2.05 bits per heavy atom. The lowest BCUT2D eigenvalue weighted by Crippen LogP contribution is -2.16. The molecule has 1 amide bonds. The van der Waals surface area contributed by atoms with Crippen LogP contribution in [-0.2, 0) is 0 Å². The van der Waals surface area contributed by atoms with Crippen LogP contribution < -0.4 is 11.1 Å². The fourth-order valence-electron chi connectivity index (χ4n) is 2.35. The zero-order valence-electron chi connectivity index (χ0n) is 10.7. The number of anilines is 1. The van der Waals surface area contributed by atoms with Crippen LogP contribution >= 0.6 is 15.9 Å². The van der Waals surface area contributed by atoms with Crippen molar-refractivity contribution in [1.82, 2.24) is 4.98 Å². The quantitative estimate of drug-likeness (QED) is 0.905. The Labute approximate surface area is 125 Å². The van der Waals surface area contributed by atoms with E-state index in [9.17, 15) is 4.79 Å². The summed E-state index contributed by atoms with van der Waals surface area (Å²) < 4.78 is 1.08. The number of carbonyl (C=O) groups excluding carboxylic acids is 1. The first-order valence-corrected chi connectivity index (χ1v) is 7.20. The molecular formula is C15H14BrN3O. The highest BCUT2D eigenvalue weighted by Gasteiger charge is 2.38. The van der Waals surface area contributed by atoms with E-state index in [2.05, 4.69) is 38.4 Å². The molecule has 20 heavy (non-hydrogen) atoms. The Morgan fingerprint density at radius 1 is 1.30 bits per heavy atom. The number of carbonyl (C=O) groups is 1. The van der Waals surface area contributed by atoms with Gasteiger partial charge in [-0.05, 0) is 30.2 Å². The van der Waals surface area contributed by atoms with Crippen LogP contribution in [0.2, 0.25) is 0 Å². The molecule has 1 saturated carbocycles. The van der Waals surface area contributed by atoms with Crippen molar-refractivity contribution >= 4 is 27.5 Å². The lowest BCUT2D eigenvalue weighted by molar-refractivity contribution is 0.100. The number of pyridine rings is 1. The number of hydrogen-bond acceptors (Lipinski definition) is 3. The van der Waals surface area contributed by atoms with E-state index in [1.807, 2.05) is 12.1 Å². The normalized spacial score (nSPS) is 20.4. The van der Waals surface area contributed by atoms with Gasteiger partial charge in [0.2, 0.25) is 0 Å². The molecule has 102 valence electrons. The van der Waals surface area contributed by atoms with Crippen LogP contribution in [0.25, 0.3) is 0 Å². The van der Waals surface area contributed by atoms with Crippen molar-refractivity contribution in [1.29, 1.82) is 0 Å². The van der Waals surface area contributed by atoms with Gasteiger partial charge in [-0.3, -0.25) is 9.78 Å². The van der Waals surface area contributed by atoms with E-state index >= 15 is 0 Å². The number of benzene rings is 1. The summed E-state index contributed by atoms with van der Waals surface area (Å²) in [6.45, 7) is 0. The topological polar surface area (TPSA) is 68.0 Å². The zero-order valence-corrected chi connectivity index (χ0v) is 12.3. The van der Waals surface area contributed by atoms with Crippen molar-refractivity contribution < 1.29 is 4.79 Å². The van der Waals surface area contributed by atoms with Gasteiger partial charge >= 0.3 is 0 Å². The van der Waals surface area contributed by atoms with Crippen LogP contribution in [0.5, 0.6) is 0 Å². The molecule has 2 aromatic rings. The molecule has 0 spiro atoms. The van der Waals surface area contributed by atoms with Gasteiger partial charge in [0, 0.05) is 28.8 Å². The number of rotatable bonds is 4. The first-order chi connectivity index (χ1) is 9.65. The highest BCUT2D eigenvalue weighted by atomic mass is 79.9. The number of halogens is 1. The highest BCUT2D eigenvalue weighted by molar-refractivity contribution is 9.10. The number of nitrogens with one attached hydrogen (secondary N) is 1. The summed E-state index contributed by atoms with van der Waals surface area (Å²) in [4.78, 5) is 15.3. The Hall–Kier alpha value is -1.88. The van der Waals surface area contributed by atoms with Crippen molar-refractivity contribution in [3.63, 3.8) is 0 Å². The van der Waals surface area contributed by atoms with Crippen molar-refractivity contribution in [2.45, 2.75) is 18.4 Å². The van der Waals surface area contributed by atoms with E-state index in [0.717, 1.165) is 16.6 Å². The summed E-state index contributed by atoms with van der Waals surface area (Å²) in [5, 5.41) is 3.38. The second-order valence-electron chi connectivity index (χ2n) is 4.93. The maximum absolute atomic E-state index is 11.3. The average molecular weight is 332 g/mol. The van der Waals surface area contributed by atoms with Gasteiger partial charge in [-0.25, -0.2) is 0 Å². The first kappa shape index (κ1) is 13.1. The van der Waals surface area contributed by atoms with E-state index in [-0.39, 0.29) is 0 Å². The lowest BCUT2D eigenvalue weighted by Gasteiger charge is -2.09. The van der Waals surface area contributed by atoms with Gasteiger partial charge in [-0.2, -0.15) is 0 Å². The summed E-state index contributed by atoms with van der Waals surface area (Å²) in [6, 6.07) is 10.5. The van der Waals surface area contributed by atoms with E-state index in [4.69, 9.17) is 5.73 Å². The molecule has 1 fully saturated rings. The number of aromatic nitrogens is 1. The van der Waals surface area contributed by atoms with Crippen LogP contribution in [0.15, 0.2) is 47.2 Å². The molecule has 2 atom stereocenters. The molecule has 0 bridgehead atoms. The Morgan fingerprint density at radius 3 is 2.75 bits per heavy atom. The molecule has 3 rings (SSSR count). The van der Waals surface area contributed by atoms with E-state index < -0.39 is 5.91 Å². The van der Waals surface area contributed by atoms with Crippen molar-refractivity contribution in [2.75, 3.05) is 5.32 Å². The molecule has 1 aliphatic carbocycles. The number of hydrogen-bond donors (Lipinski definition) is 2. The molecular weight excluding hydrogens is 318 g/mol. The van der Waals surface area contributed by atoms with Crippen molar-refractivity contribution in [2.24, 2.45) is 5.73 Å². The lowest BCUT2D eigenvalue weighted by atomic mass is 10.1. The van der Waals surface area contributed by atoms with Gasteiger partial charge in [0.1, 0.15) is 0 Å². The average Bonchev–Trinajstić information content (AvgIpc) is 3.19. The third-order valence-corrected chi connectivity index (χ3v) is 4.04. The molecule has 2 unspecified atom stereocenters. The minimum atomic E-state index is -0.457. The molecule has 0 aliphatic heterocycles. The molecule has 4 nitrogen and oxygen atoms in total. The maximum atomic E-state index is 11.3. The monoisotopic (exact) mass is 331 g/mol. The maximum Gasteiger partial charge on any atom is 0.252 e. The van der Waals surface area contributed by atoms with Crippen molar-refractivity contribution in [3.05, 3.63) is 58.3 Å². The highest BCUT2D eigenvalue weighted by Crippen LogP contribution is 2.43. The van der Waals surface area contributed by atoms with E-state index in [1.54, 1.807) is 12.3 Å². The SMILES string of the molecule is NC(=O)c1cnccc1NC1CC1c1ccc(Br)cc1. The predicted molar refractivity (Wildman–Crippen MR) is 81.7 cm³/mol. The van der Waals surface area contributed by atoms with Crippen LogP contribution in [-0.4, -0.2) is 16.9 Å². The molecule has 1 heterocycles. The minimum Gasteiger partial charge on any atom is -0.381 e.